The highest BCUT2D eigenvalue weighted by Gasteiger charge is 2.04. The van der Waals surface area contributed by atoms with Crippen LogP contribution >= 0.6 is 11.3 Å². The maximum absolute atomic E-state index is 4.05. The number of hydrogen-bond acceptors (Lipinski definition) is 3. The molecule has 2 nitrogen and oxygen atoms in total. The van der Waals surface area contributed by atoms with E-state index >= 15 is 0 Å². The summed E-state index contributed by atoms with van der Waals surface area (Å²) in [4.78, 5) is 5.38. The highest BCUT2D eigenvalue weighted by molar-refractivity contribution is 7.09. The van der Waals surface area contributed by atoms with Crippen molar-refractivity contribution in [3.05, 3.63) is 16.6 Å². The summed E-state index contributed by atoms with van der Waals surface area (Å²) < 4.78 is 0. The van der Waals surface area contributed by atoms with Crippen molar-refractivity contribution in [3.63, 3.8) is 0 Å². The van der Waals surface area contributed by atoms with Crippen molar-refractivity contribution in [1.82, 2.24) is 10.3 Å². The average molecular weight is 184 g/mol. The molecule has 1 aromatic rings. The Morgan fingerprint density at radius 2 is 2.50 bits per heavy atom. The lowest BCUT2D eigenvalue weighted by molar-refractivity contribution is 0.560. The van der Waals surface area contributed by atoms with E-state index in [4.69, 9.17) is 0 Å². The van der Waals surface area contributed by atoms with Crippen LogP contribution in [0.3, 0.4) is 0 Å². The van der Waals surface area contributed by atoms with Crippen molar-refractivity contribution in [2.45, 2.75) is 32.7 Å². The highest BCUT2D eigenvalue weighted by Crippen LogP contribution is 2.15. The molecule has 3 heteroatoms. The molecule has 0 aliphatic rings. The molecule has 0 saturated carbocycles. The van der Waals surface area contributed by atoms with Gasteiger partial charge >= 0.3 is 0 Å². The van der Waals surface area contributed by atoms with Gasteiger partial charge in [0.15, 0.2) is 0 Å². The molecule has 1 rings (SSSR count). The van der Waals surface area contributed by atoms with Crippen LogP contribution in [0.4, 0.5) is 0 Å². The number of rotatable bonds is 5. The minimum atomic E-state index is 0.462. The van der Waals surface area contributed by atoms with E-state index in [0.29, 0.717) is 6.04 Å². The van der Waals surface area contributed by atoms with Crippen molar-refractivity contribution in [2.75, 3.05) is 6.54 Å². The van der Waals surface area contributed by atoms with Crippen molar-refractivity contribution >= 4 is 11.3 Å². The molecular weight excluding hydrogens is 168 g/mol. The van der Waals surface area contributed by atoms with Crippen LogP contribution in [0, 0.1) is 0 Å². The van der Waals surface area contributed by atoms with Gasteiger partial charge in [0, 0.05) is 17.1 Å². The van der Waals surface area contributed by atoms with E-state index in [1.807, 2.05) is 11.7 Å². The zero-order valence-corrected chi connectivity index (χ0v) is 8.53. The summed E-state index contributed by atoms with van der Waals surface area (Å²) in [6.45, 7) is 5.50. The Morgan fingerprint density at radius 3 is 3.08 bits per heavy atom. The second-order valence-electron chi connectivity index (χ2n) is 2.93. The van der Waals surface area contributed by atoms with Crippen LogP contribution < -0.4 is 5.32 Å². The van der Waals surface area contributed by atoms with Crippen molar-refractivity contribution < 1.29 is 0 Å². The van der Waals surface area contributed by atoms with Crippen LogP contribution in [0.2, 0.25) is 0 Å². The SMILES string of the molecule is CCCCNC(C)c1cncs1. The topological polar surface area (TPSA) is 24.9 Å². The Bertz CT molecular complexity index is 196. The first kappa shape index (κ1) is 9.68. The van der Waals surface area contributed by atoms with Gasteiger partial charge in [-0.1, -0.05) is 13.3 Å². The number of aromatic nitrogens is 1. The molecule has 1 aromatic heterocycles. The van der Waals surface area contributed by atoms with E-state index in [9.17, 15) is 0 Å². The molecule has 0 aliphatic heterocycles. The third kappa shape index (κ3) is 2.91. The lowest BCUT2D eigenvalue weighted by Gasteiger charge is -2.10. The van der Waals surface area contributed by atoms with Gasteiger partial charge in [0.25, 0.3) is 0 Å². The quantitative estimate of drug-likeness (QED) is 0.711. The van der Waals surface area contributed by atoms with Gasteiger partial charge in [-0.25, -0.2) is 0 Å². The summed E-state index contributed by atoms with van der Waals surface area (Å²) in [5.74, 6) is 0. The highest BCUT2D eigenvalue weighted by atomic mass is 32.1. The molecule has 0 spiro atoms. The fourth-order valence-electron chi connectivity index (χ4n) is 1.04. The molecule has 0 aliphatic carbocycles. The standard InChI is InChI=1S/C9H16N2S/c1-3-4-5-11-8(2)9-6-10-7-12-9/h6-8,11H,3-5H2,1-2H3. The number of unbranched alkanes of at least 4 members (excludes halogenated alkanes) is 1. The van der Waals surface area contributed by atoms with E-state index in [0.717, 1.165) is 6.54 Å². The predicted octanol–water partition coefficient (Wildman–Crippen LogP) is 2.59. The maximum atomic E-state index is 4.05. The van der Waals surface area contributed by atoms with Gasteiger partial charge < -0.3 is 5.32 Å². The molecule has 0 aromatic carbocycles. The smallest absolute Gasteiger partial charge is 0.0794 e. The fourth-order valence-corrected chi connectivity index (χ4v) is 1.69. The van der Waals surface area contributed by atoms with Crippen LogP contribution in [0.25, 0.3) is 0 Å². The molecule has 1 N–H and O–H groups in total. The van der Waals surface area contributed by atoms with Gasteiger partial charge in [-0.3, -0.25) is 4.98 Å². The second-order valence-corrected chi connectivity index (χ2v) is 3.85. The van der Waals surface area contributed by atoms with Gasteiger partial charge in [-0.2, -0.15) is 0 Å². The minimum Gasteiger partial charge on any atom is -0.309 e. The predicted molar refractivity (Wildman–Crippen MR) is 53.4 cm³/mol. The second kappa shape index (κ2) is 5.27. The average Bonchev–Trinajstić information content (AvgIpc) is 2.56. The molecule has 68 valence electrons. The Balaban J connectivity index is 2.25. The maximum Gasteiger partial charge on any atom is 0.0794 e. The van der Waals surface area contributed by atoms with Crippen LogP contribution in [0.15, 0.2) is 11.7 Å². The van der Waals surface area contributed by atoms with Crippen molar-refractivity contribution in [3.8, 4) is 0 Å². The summed E-state index contributed by atoms with van der Waals surface area (Å²) >= 11 is 1.72. The first-order valence-corrected chi connectivity index (χ1v) is 5.34. The zero-order valence-electron chi connectivity index (χ0n) is 7.71. The van der Waals surface area contributed by atoms with Crippen LogP contribution in [0.5, 0.6) is 0 Å². The lowest BCUT2D eigenvalue weighted by Crippen LogP contribution is -2.18. The van der Waals surface area contributed by atoms with E-state index in [1.165, 1.54) is 17.7 Å². The molecule has 1 atom stereocenters. The summed E-state index contributed by atoms with van der Waals surface area (Å²) in [6, 6.07) is 0.462. The molecule has 0 fully saturated rings. The molecule has 1 unspecified atom stereocenters. The Hall–Kier alpha value is -0.410. The van der Waals surface area contributed by atoms with Crippen LogP contribution in [-0.2, 0) is 0 Å². The van der Waals surface area contributed by atoms with Crippen LogP contribution in [0.1, 0.15) is 37.6 Å². The molecule has 12 heavy (non-hydrogen) atoms. The van der Waals surface area contributed by atoms with E-state index < -0.39 is 0 Å². The van der Waals surface area contributed by atoms with Crippen LogP contribution in [-0.4, -0.2) is 11.5 Å². The first-order chi connectivity index (χ1) is 5.84. The van der Waals surface area contributed by atoms with Crippen molar-refractivity contribution in [2.24, 2.45) is 0 Å². The van der Waals surface area contributed by atoms with E-state index in [-0.39, 0.29) is 0 Å². The minimum absolute atomic E-state index is 0.462. The van der Waals surface area contributed by atoms with Gasteiger partial charge in [0.1, 0.15) is 0 Å². The lowest BCUT2D eigenvalue weighted by atomic mass is 10.2. The van der Waals surface area contributed by atoms with E-state index in [1.54, 1.807) is 11.3 Å². The Morgan fingerprint density at radius 1 is 1.67 bits per heavy atom. The number of nitrogens with one attached hydrogen (secondary N) is 1. The zero-order chi connectivity index (χ0) is 8.81. The number of hydrogen-bond donors (Lipinski definition) is 1. The monoisotopic (exact) mass is 184 g/mol. The van der Waals surface area contributed by atoms with Gasteiger partial charge in [0.05, 0.1) is 5.51 Å². The Labute approximate surface area is 78.0 Å². The fraction of sp³-hybridized carbons (Fsp3) is 0.667. The normalized spacial score (nSPS) is 13.2. The van der Waals surface area contributed by atoms with Gasteiger partial charge in [-0.05, 0) is 19.9 Å². The molecule has 0 saturated heterocycles. The summed E-state index contributed by atoms with van der Waals surface area (Å²) in [7, 11) is 0. The summed E-state index contributed by atoms with van der Waals surface area (Å²) in [6.07, 6.45) is 4.44. The number of nitrogens with zero attached hydrogens (tertiary/aromatic N) is 1. The summed E-state index contributed by atoms with van der Waals surface area (Å²) in [5, 5.41) is 3.46. The third-order valence-electron chi connectivity index (χ3n) is 1.86. The Kier molecular flexibility index (Phi) is 4.25. The summed E-state index contributed by atoms with van der Waals surface area (Å²) in [5.41, 5.74) is 1.88. The largest absolute Gasteiger partial charge is 0.309 e. The number of thiazole rings is 1. The van der Waals surface area contributed by atoms with E-state index in [2.05, 4.69) is 24.1 Å². The molecule has 0 bridgehead atoms. The third-order valence-corrected chi connectivity index (χ3v) is 2.82. The van der Waals surface area contributed by atoms with Gasteiger partial charge in [-0.15, -0.1) is 11.3 Å². The molecular formula is C9H16N2S. The molecule has 0 amide bonds. The first-order valence-electron chi connectivity index (χ1n) is 4.46. The van der Waals surface area contributed by atoms with Gasteiger partial charge in [0.2, 0.25) is 0 Å². The van der Waals surface area contributed by atoms with Crippen molar-refractivity contribution in [1.29, 1.82) is 0 Å². The molecule has 1 heterocycles. The molecule has 0 radical (unpaired) electrons.